The molecule has 0 aromatic heterocycles. The average molecular weight is 448 g/mol. The van der Waals surface area contributed by atoms with E-state index >= 15 is 0 Å². The summed E-state index contributed by atoms with van der Waals surface area (Å²) >= 11 is 3.00. The molecule has 0 aliphatic rings. The van der Waals surface area contributed by atoms with Crippen LogP contribution in [0.4, 0.5) is 32.0 Å². The molecule has 0 spiro atoms. The van der Waals surface area contributed by atoms with Gasteiger partial charge in [0.2, 0.25) is 0 Å². The van der Waals surface area contributed by atoms with Crippen LogP contribution in [0.15, 0.2) is 51.8 Å². The van der Waals surface area contributed by atoms with E-state index in [0.29, 0.717) is 4.47 Å². The van der Waals surface area contributed by atoms with Gasteiger partial charge in [0.1, 0.15) is 0 Å². The van der Waals surface area contributed by atoms with Crippen LogP contribution in [-0.4, -0.2) is 8.42 Å². The zero-order valence-corrected chi connectivity index (χ0v) is 14.3. The summed E-state index contributed by atoms with van der Waals surface area (Å²) < 4.78 is 104. The lowest BCUT2D eigenvalue weighted by Crippen LogP contribution is -2.18. The number of rotatable bonds is 3. The fraction of sp³-hybridized carbons (Fsp3) is 0.143. The minimum atomic E-state index is -5.04. The predicted molar refractivity (Wildman–Crippen MR) is 81.4 cm³/mol. The van der Waals surface area contributed by atoms with Gasteiger partial charge in [-0.25, -0.2) is 8.42 Å². The first-order chi connectivity index (χ1) is 11.3. The lowest BCUT2D eigenvalue weighted by molar-refractivity contribution is -0.140. The van der Waals surface area contributed by atoms with Gasteiger partial charge in [-0.3, -0.25) is 4.72 Å². The number of benzene rings is 2. The summed E-state index contributed by atoms with van der Waals surface area (Å²) in [4.78, 5) is -0.410. The number of nitrogens with one attached hydrogen (secondary N) is 1. The summed E-state index contributed by atoms with van der Waals surface area (Å²) in [7, 11) is -4.53. The normalized spacial score (nSPS) is 12.9. The molecule has 0 saturated heterocycles. The largest absolute Gasteiger partial charge is 0.418 e. The van der Waals surface area contributed by atoms with Crippen LogP contribution in [0.1, 0.15) is 11.1 Å². The first-order valence-corrected chi connectivity index (χ1v) is 8.65. The van der Waals surface area contributed by atoms with Crippen LogP contribution in [0, 0.1) is 0 Å². The molecule has 0 unspecified atom stereocenters. The van der Waals surface area contributed by atoms with Crippen molar-refractivity contribution in [3.8, 4) is 0 Å². The van der Waals surface area contributed by atoms with Crippen LogP contribution in [0.2, 0.25) is 0 Å². The number of alkyl halides is 6. The molecule has 0 atom stereocenters. The Hall–Kier alpha value is -1.75. The zero-order valence-electron chi connectivity index (χ0n) is 11.9. The Morgan fingerprint density at radius 1 is 0.880 bits per heavy atom. The van der Waals surface area contributed by atoms with Gasteiger partial charge in [0.15, 0.2) is 0 Å². The summed E-state index contributed by atoms with van der Waals surface area (Å²) in [6.45, 7) is 0. The first kappa shape index (κ1) is 19.6. The van der Waals surface area contributed by atoms with Gasteiger partial charge in [-0.15, -0.1) is 0 Å². The van der Waals surface area contributed by atoms with Gasteiger partial charge in [-0.05, 0) is 36.4 Å². The molecular formula is C14H8BrF6NO2S. The van der Waals surface area contributed by atoms with Crippen molar-refractivity contribution in [3.05, 3.63) is 58.1 Å². The van der Waals surface area contributed by atoms with Crippen LogP contribution >= 0.6 is 15.9 Å². The average Bonchev–Trinajstić information content (AvgIpc) is 2.44. The summed E-state index contributed by atoms with van der Waals surface area (Å²) in [5.41, 5.74) is -4.14. The van der Waals surface area contributed by atoms with Crippen LogP contribution in [-0.2, 0) is 22.4 Å². The summed E-state index contributed by atoms with van der Waals surface area (Å²) in [5, 5.41) is 0. The Bertz CT molecular complexity index is 893. The summed E-state index contributed by atoms with van der Waals surface area (Å²) in [6.07, 6.45) is -9.97. The highest BCUT2D eigenvalue weighted by Crippen LogP contribution is 2.39. The maximum Gasteiger partial charge on any atom is 0.418 e. The molecule has 11 heteroatoms. The fourth-order valence-electron chi connectivity index (χ4n) is 1.89. The maximum absolute atomic E-state index is 13.0. The number of hydrogen-bond donors (Lipinski definition) is 1. The van der Waals surface area contributed by atoms with E-state index < -0.39 is 44.1 Å². The monoisotopic (exact) mass is 447 g/mol. The second kappa shape index (κ2) is 6.52. The number of sulfonamides is 1. The first-order valence-electron chi connectivity index (χ1n) is 6.37. The van der Waals surface area contributed by atoms with Crippen molar-refractivity contribution in [1.82, 2.24) is 0 Å². The minimum Gasteiger partial charge on any atom is -0.279 e. The SMILES string of the molecule is O=S(=O)(Nc1cc(C(F)(F)F)ccc1C(F)(F)F)c1cccc(Br)c1. The van der Waals surface area contributed by atoms with Crippen LogP contribution in [0.3, 0.4) is 0 Å². The molecule has 0 radical (unpaired) electrons. The second-order valence-corrected chi connectivity index (χ2v) is 7.42. The number of anilines is 1. The lowest BCUT2D eigenvalue weighted by atomic mass is 10.1. The predicted octanol–water partition coefficient (Wildman–Crippen LogP) is 5.29. The third-order valence-corrected chi connectivity index (χ3v) is 4.86. The summed E-state index contributed by atoms with van der Waals surface area (Å²) in [6, 6.07) is 5.51. The molecule has 2 rings (SSSR count). The van der Waals surface area contributed by atoms with E-state index in [1.165, 1.54) is 12.1 Å². The molecule has 0 aliphatic carbocycles. The van der Waals surface area contributed by atoms with Crippen molar-refractivity contribution in [2.45, 2.75) is 17.2 Å². The second-order valence-electron chi connectivity index (χ2n) is 4.82. The van der Waals surface area contributed by atoms with Crippen molar-refractivity contribution >= 4 is 31.6 Å². The fourth-order valence-corrected chi connectivity index (χ4v) is 3.56. The highest BCUT2D eigenvalue weighted by molar-refractivity contribution is 9.10. The van der Waals surface area contributed by atoms with Gasteiger partial charge >= 0.3 is 12.4 Å². The Balaban J connectivity index is 2.56. The molecule has 2 aromatic carbocycles. The molecule has 0 aliphatic heterocycles. The Kier molecular flexibility index (Phi) is 5.11. The van der Waals surface area contributed by atoms with Gasteiger partial charge in [-0.1, -0.05) is 22.0 Å². The summed E-state index contributed by atoms with van der Waals surface area (Å²) in [5.74, 6) is 0. The van der Waals surface area contributed by atoms with E-state index in [9.17, 15) is 34.8 Å². The Morgan fingerprint density at radius 3 is 2.04 bits per heavy atom. The molecule has 2 aromatic rings. The third-order valence-electron chi connectivity index (χ3n) is 3.00. The van der Waals surface area contributed by atoms with Gasteiger partial charge in [0.25, 0.3) is 10.0 Å². The molecule has 25 heavy (non-hydrogen) atoms. The molecule has 136 valence electrons. The molecule has 0 heterocycles. The maximum atomic E-state index is 13.0. The topological polar surface area (TPSA) is 46.2 Å². The zero-order chi connectivity index (χ0) is 19.0. The van der Waals surface area contributed by atoms with E-state index in [-0.39, 0.29) is 18.2 Å². The van der Waals surface area contributed by atoms with E-state index in [4.69, 9.17) is 0 Å². The Morgan fingerprint density at radius 2 is 1.52 bits per heavy atom. The van der Waals surface area contributed by atoms with E-state index in [1.807, 2.05) is 0 Å². The lowest BCUT2D eigenvalue weighted by Gasteiger charge is -2.17. The molecular weight excluding hydrogens is 440 g/mol. The smallest absolute Gasteiger partial charge is 0.279 e. The molecule has 3 nitrogen and oxygen atoms in total. The van der Waals surface area contributed by atoms with Crippen molar-refractivity contribution in [2.75, 3.05) is 4.72 Å². The van der Waals surface area contributed by atoms with Gasteiger partial charge < -0.3 is 0 Å². The van der Waals surface area contributed by atoms with Crippen molar-refractivity contribution in [3.63, 3.8) is 0 Å². The van der Waals surface area contributed by atoms with Crippen molar-refractivity contribution in [1.29, 1.82) is 0 Å². The van der Waals surface area contributed by atoms with Crippen LogP contribution in [0.5, 0.6) is 0 Å². The van der Waals surface area contributed by atoms with Gasteiger partial charge in [-0.2, -0.15) is 26.3 Å². The number of hydrogen-bond acceptors (Lipinski definition) is 2. The van der Waals surface area contributed by atoms with E-state index in [1.54, 1.807) is 4.72 Å². The minimum absolute atomic E-state index is 0.109. The van der Waals surface area contributed by atoms with Crippen LogP contribution < -0.4 is 4.72 Å². The highest BCUT2D eigenvalue weighted by Gasteiger charge is 2.38. The number of halogens is 7. The van der Waals surface area contributed by atoms with Gasteiger partial charge in [0, 0.05) is 4.47 Å². The van der Waals surface area contributed by atoms with Crippen molar-refractivity contribution < 1.29 is 34.8 Å². The molecule has 0 bridgehead atoms. The molecule has 1 N–H and O–H groups in total. The van der Waals surface area contributed by atoms with Gasteiger partial charge in [0.05, 0.1) is 21.7 Å². The van der Waals surface area contributed by atoms with E-state index in [2.05, 4.69) is 15.9 Å². The van der Waals surface area contributed by atoms with E-state index in [0.717, 1.165) is 12.1 Å². The molecule has 0 amide bonds. The van der Waals surface area contributed by atoms with Crippen molar-refractivity contribution in [2.24, 2.45) is 0 Å². The molecule has 0 fully saturated rings. The molecule has 0 saturated carbocycles. The Labute approximate surface area is 146 Å². The van der Waals surface area contributed by atoms with Crippen LogP contribution in [0.25, 0.3) is 0 Å². The highest BCUT2D eigenvalue weighted by atomic mass is 79.9. The standard InChI is InChI=1S/C14H8BrF6NO2S/c15-9-2-1-3-10(7-9)25(23,24)22-12-6-8(13(16,17)18)4-5-11(12)14(19,20)21/h1-7,22H. The third kappa shape index (κ3) is 4.66. The quantitative estimate of drug-likeness (QED) is 0.650.